The number of nitrogens with zero attached hydrogens (tertiary/aromatic N) is 4. The molecule has 1 aliphatic carbocycles. The molecule has 0 bridgehead atoms. The van der Waals surface area contributed by atoms with Gasteiger partial charge in [0.25, 0.3) is 0 Å². The fraction of sp³-hybridized carbons (Fsp3) is 0.567. The fourth-order valence-electron chi connectivity index (χ4n) is 7.10. The van der Waals surface area contributed by atoms with Crippen LogP contribution in [0.15, 0.2) is 47.5 Å². The van der Waals surface area contributed by atoms with Gasteiger partial charge in [0.1, 0.15) is 0 Å². The zero-order valence-electron chi connectivity index (χ0n) is 23.6. The Morgan fingerprint density at radius 3 is 2.66 bits per heavy atom. The van der Waals surface area contributed by atoms with E-state index in [4.69, 9.17) is 0 Å². The van der Waals surface area contributed by atoms with Gasteiger partial charge in [-0.3, -0.25) is 18.8 Å². The van der Waals surface area contributed by atoms with Gasteiger partial charge in [-0.25, -0.2) is 15.6 Å². The average Bonchev–Trinajstić information content (AvgIpc) is 3.47. The van der Waals surface area contributed by atoms with Gasteiger partial charge in [-0.05, 0) is 86.4 Å². The molecule has 2 saturated heterocycles. The molecule has 3 fully saturated rings. The minimum atomic E-state index is -4.60. The lowest BCUT2D eigenvalue weighted by Gasteiger charge is -2.43. The van der Waals surface area contributed by atoms with Crippen molar-refractivity contribution < 1.29 is 18.3 Å². The number of aliphatic hydroxyl groups excluding tert-OH is 1. The van der Waals surface area contributed by atoms with E-state index in [1.165, 1.54) is 16.8 Å². The summed E-state index contributed by atoms with van der Waals surface area (Å²) < 4.78 is 45.3. The van der Waals surface area contributed by atoms with Gasteiger partial charge in [-0.1, -0.05) is 19.1 Å². The zero-order chi connectivity index (χ0) is 28.9. The molecule has 222 valence electrons. The average molecular weight is 573 g/mol. The molecule has 3 aromatic rings. The predicted molar refractivity (Wildman–Crippen MR) is 150 cm³/mol. The number of piperidine rings is 1. The molecule has 0 amide bonds. The highest BCUT2D eigenvalue weighted by Crippen LogP contribution is 2.46. The van der Waals surface area contributed by atoms with Crippen molar-refractivity contribution in [2.75, 3.05) is 33.4 Å². The number of likely N-dealkylation sites (N-methyl/N-ethyl adjacent to an activating group) is 1. The van der Waals surface area contributed by atoms with E-state index >= 15 is 0 Å². The van der Waals surface area contributed by atoms with Crippen molar-refractivity contribution in [2.45, 2.75) is 57.4 Å². The Morgan fingerprint density at radius 1 is 1.17 bits per heavy atom. The van der Waals surface area contributed by atoms with Crippen LogP contribution in [-0.2, 0) is 12.7 Å². The first kappa shape index (κ1) is 28.4. The Hall–Kier alpha value is -2.70. The molecule has 4 heterocycles. The van der Waals surface area contributed by atoms with Crippen LogP contribution in [0.25, 0.3) is 11.2 Å². The number of nitrogens with one attached hydrogen (secondary N) is 2. The SMILES string of the molecule is C[C@H]1CCCN(Cc2cc(C(F)(F)F)c3cn(-c4cccc([C@@H](C5CC(CO)C5)C5NNCN5C)c4)c(=O)n3c2)C1. The standard InChI is InChI=1S/C30H39F3N6O2/c1-19-5-4-8-37(13-19)14-21-11-25(30(31,32)33)26-16-38(29(41)39(26)15-21)24-7-3-6-22(12-24)27(23-9-20(10-23)17-40)28-35-34-18-36(28)2/h3,6-7,11-12,15-16,19-20,23,27-28,34-35,40H,4-5,8-10,13-14,17-18H2,1-2H3/t19-,20?,23?,27-,28?/m0/s1. The number of aromatic nitrogens is 2. The maximum Gasteiger partial charge on any atom is 0.418 e. The number of alkyl halides is 3. The van der Waals surface area contributed by atoms with E-state index in [1.807, 2.05) is 25.2 Å². The summed E-state index contributed by atoms with van der Waals surface area (Å²) in [6, 6.07) is 8.78. The number of pyridine rings is 1. The lowest BCUT2D eigenvalue weighted by Crippen LogP contribution is -2.46. The maximum atomic E-state index is 14.3. The lowest BCUT2D eigenvalue weighted by atomic mass is 9.66. The quantitative estimate of drug-likeness (QED) is 0.400. The smallest absolute Gasteiger partial charge is 0.396 e. The van der Waals surface area contributed by atoms with E-state index < -0.39 is 17.4 Å². The van der Waals surface area contributed by atoms with E-state index in [0.29, 0.717) is 36.3 Å². The normalized spacial score (nSPS) is 26.9. The number of hydrogen-bond acceptors (Lipinski definition) is 6. The lowest BCUT2D eigenvalue weighted by molar-refractivity contribution is -0.136. The summed E-state index contributed by atoms with van der Waals surface area (Å²) in [4.78, 5) is 18.0. The summed E-state index contributed by atoms with van der Waals surface area (Å²) in [6.07, 6.45) is 2.26. The Bertz CT molecular complexity index is 1450. The number of benzene rings is 1. The number of hydrogen-bond donors (Lipinski definition) is 3. The molecule has 1 saturated carbocycles. The molecule has 3 aliphatic rings. The number of aliphatic hydroxyl groups is 1. The van der Waals surface area contributed by atoms with Crippen LogP contribution in [0.5, 0.6) is 0 Å². The van der Waals surface area contributed by atoms with Crippen LogP contribution in [0.3, 0.4) is 0 Å². The largest absolute Gasteiger partial charge is 0.418 e. The van der Waals surface area contributed by atoms with Gasteiger partial charge in [0, 0.05) is 38.0 Å². The number of fused-ring (bicyclic) bond motifs is 1. The predicted octanol–water partition coefficient (Wildman–Crippen LogP) is 3.77. The molecule has 1 unspecified atom stereocenters. The summed E-state index contributed by atoms with van der Waals surface area (Å²) >= 11 is 0. The van der Waals surface area contributed by atoms with Gasteiger partial charge in [-0.2, -0.15) is 13.2 Å². The zero-order valence-corrected chi connectivity index (χ0v) is 23.6. The first-order valence-electron chi connectivity index (χ1n) is 14.6. The van der Waals surface area contributed by atoms with Crippen molar-refractivity contribution in [1.29, 1.82) is 0 Å². The van der Waals surface area contributed by atoms with Crippen LogP contribution >= 0.6 is 0 Å². The molecule has 2 aromatic heterocycles. The van der Waals surface area contributed by atoms with Crippen molar-refractivity contribution in [3.63, 3.8) is 0 Å². The molecular formula is C30H39F3N6O2. The van der Waals surface area contributed by atoms with Gasteiger partial charge >= 0.3 is 11.9 Å². The summed E-state index contributed by atoms with van der Waals surface area (Å²) in [5.74, 6) is 1.20. The van der Waals surface area contributed by atoms with Crippen LogP contribution in [0.1, 0.15) is 55.2 Å². The molecule has 41 heavy (non-hydrogen) atoms. The first-order valence-corrected chi connectivity index (χ1v) is 14.6. The Kier molecular flexibility index (Phi) is 7.75. The van der Waals surface area contributed by atoms with Crippen LogP contribution in [0, 0.1) is 17.8 Å². The second-order valence-electron chi connectivity index (χ2n) is 12.4. The summed E-state index contributed by atoms with van der Waals surface area (Å²) in [7, 11) is 2.03. The minimum Gasteiger partial charge on any atom is -0.396 e. The third-order valence-corrected chi connectivity index (χ3v) is 9.24. The molecule has 3 atom stereocenters. The summed E-state index contributed by atoms with van der Waals surface area (Å²) in [5.41, 5.74) is 7.12. The van der Waals surface area contributed by atoms with Crippen molar-refractivity contribution in [3.05, 3.63) is 69.9 Å². The van der Waals surface area contributed by atoms with Gasteiger partial charge in [0.15, 0.2) is 0 Å². The molecule has 3 N–H and O–H groups in total. The molecule has 11 heteroatoms. The van der Waals surface area contributed by atoms with Gasteiger partial charge in [0.2, 0.25) is 0 Å². The number of hydrazine groups is 1. The van der Waals surface area contributed by atoms with Gasteiger partial charge in [0.05, 0.1) is 29.6 Å². The third-order valence-electron chi connectivity index (χ3n) is 9.24. The maximum absolute atomic E-state index is 14.3. The Morgan fingerprint density at radius 2 is 1.98 bits per heavy atom. The summed E-state index contributed by atoms with van der Waals surface area (Å²) in [5, 5.41) is 9.61. The second kappa shape index (κ2) is 11.2. The fourth-order valence-corrected chi connectivity index (χ4v) is 7.10. The number of imidazole rings is 1. The first-order chi connectivity index (χ1) is 19.6. The molecule has 1 aromatic carbocycles. The Labute approximate surface area is 237 Å². The van der Waals surface area contributed by atoms with Crippen LogP contribution in [-0.4, -0.2) is 63.5 Å². The molecule has 2 aliphatic heterocycles. The highest BCUT2D eigenvalue weighted by Gasteiger charge is 2.42. The summed E-state index contributed by atoms with van der Waals surface area (Å²) in [6.45, 7) is 5.07. The van der Waals surface area contributed by atoms with Gasteiger partial charge in [-0.15, -0.1) is 0 Å². The molecule has 0 spiro atoms. The van der Waals surface area contributed by atoms with Crippen molar-refractivity contribution in [3.8, 4) is 5.69 Å². The van der Waals surface area contributed by atoms with Crippen LogP contribution in [0.2, 0.25) is 0 Å². The van der Waals surface area contributed by atoms with Crippen molar-refractivity contribution in [1.82, 2.24) is 29.6 Å². The van der Waals surface area contributed by atoms with Crippen LogP contribution in [0.4, 0.5) is 13.2 Å². The molecule has 0 radical (unpaired) electrons. The third kappa shape index (κ3) is 5.58. The molecular weight excluding hydrogens is 533 g/mol. The van der Waals surface area contributed by atoms with E-state index in [9.17, 15) is 23.1 Å². The van der Waals surface area contributed by atoms with E-state index in [-0.39, 0.29) is 30.1 Å². The van der Waals surface area contributed by atoms with Crippen molar-refractivity contribution >= 4 is 5.52 Å². The Balaban J connectivity index is 1.38. The monoisotopic (exact) mass is 572 g/mol. The minimum absolute atomic E-state index is 0.0108. The number of rotatable bonds is 7. The molecule has 8 nitrogen and oxygen atoms in total. The van der Waals surface area contributed by atoms with Crippen LogP contribution < -0.4 is 16.5 Å². The topological polar surface area (TPSA) is 77.2 Å². The van der Waals surface area contributed by atoms with E-state index in [2.05, 4.69) is 27.6 Å². The highest BCUT2D eigenvalue weighted by atomic mass is 19.4. The molecule has 6 rings (SSSR count). The highest BCUT2D eigenvalue weighted by molar-refractivity contribution is 5.58. The van der Waals surface area contributed by atoms with E-state index in [0.717, 1.165) is 48.7 Å². The number of halogens is 3. The van der Waals surface area contributed by atoms with Crippen molar-refractivity contribution in [2.24, 2.45) is 17.8 Å². The number of likely N-dealkylation sites (tertiary alicyclic amines) is 1. The second-order valence-corrected chi connectivity index (χ2v) is 12.4. The van der Waals surface area contributed by atoms with Gasteiger partial charge < -0.3 is 5.11 Å². The van der Waals surface area contributed by atoms with E-state index in [1.54, 1.807) is 12.3 Å².